The molecule has 0 aromatic heterocycles. The van der Waals surface area contributed by atoms with Crippen molar-refractivity contribution in [3.63, 3.8) is 0 Å². The lowest BCUT2D eigenvalue weighted by Crippen LogP contribution is -2.12. The molecule has 2 aliphatic rings. The number of fused-ring (bicyclic) bond motifs is 1. The number of halogens is 1. The Morgan fingerprint density at radius 3 is 2.77 bits per heavy atom. The number of allylic oxidation sites excluding steroid dienone is 1. The van der Waals surface area contributed by atoms with Gasteiger partial charge in [-0.05, 0) is 67.7 Å². The number of rotatable bonds is 5. The molecule has 3 nitrogen and oxygen atoms in total. The minimum Gasteiger partial charge on any atom is -0.493 e. The molecule has 0 atom stereocenters. The van der Waals surface area contributed by atoms with E-state index in [-0.39, 0.29) is 6.10 Å². The molecule has 4 heteroatoms. The maximum absolute atomic E-state index is 6.29. The minimum atomic E-state index is 0.286. The van der Waals surface area contributed by atoms with E-state index in [1.807, 2.05) is 30.3 Å². The van der Waals surface area contributed by atoms with E-state index in [4.69, 9.17) is 21.1 Å². The number of hydrogen-bond donors (Lipinski definition) is 0. The summed E-state index contributed by atoms with van der Waals surface area (Å²) in [6.45, 7) is 0. The van der Waals surface area contributed by atoms with Crippen LogP contribution in [0.1, 0.15) is 36.8 Å². The average molecular weight is 368 g/mol. The van der Waals surface area contributed by atoms with Gasteiger partial charge in [0, 0.05) is 22.7 Å². The van der Waals surface area contributed by atoms with Crippen LogP contribution < -0.4 is 9.47 Å². The number of methoxy groups -OCH3 is 1. The van der Waals surface area contributed by atoms with Gasteiger partial charge in [-0.1, -0.05) is 23.7 Å². The normalized spacial score (nSPS) is 16.8. The molecule has 4 rings (SSSR count). The Labute approximate surface area is 159 Å². The molecule has 0 radical (unpaired) electrons. The van der Waals surface area contributed by atoms with Crippen molar-refractivity contribution in [2.24, 2.45) is 4.99 Å². The monoisotopic (exact) mass is 367 g/mol. The van der Waals surface area contributed by atoms with E-state index in [0.29, 0.717) is 0 Å². The summed E-state index contributed by atoms with van der Waals surface area (Å²) in [4.78, 5) is 4.68. The van der Waals surface area contributed by atoms with Gasteiger partial charge in [-0.3, -0.25) is 4.99 Å². The highest BCUT2D eigenvalue weighted by Gasteiger charge is 2.20. The van der Waals surface area contributed by atoms with E-state index in [1.165, 1.54) is 18.4 Å². The number of aliphatic imine (C=N–C) groups is 1. The first-order valence-electron chi connectivity index (χ1n) is 9.10. The number of benzene rings is 2. The van der Waals surface area contributed by atoms with E-state index in [0.717, 1.165) is 52.7 Å². The zero-order valence-electron chi connectivity index (χ0n) is 14.9. The lowest BCUT2D eigenvalue weighted by atomic mass is 10.1. The largest absolute Gasteiger partial charge is 0.493 e. The van der Waals surface area contributed by atoms with Crippen LogP contribution in [0.5, 0.6) is 11.5 Å². The van der Waals surface area contributed by atoms with Gasteiger partial charge in [-0.2, -0.15) is 0 Å². The molecule has 26 heavy (non-hydrogen) atoms. The molecule has 0 spiro atoms. The molecule has 0 N–H and O–H groups in total. The summed E-state index contributed by atoms with van der Waals surface area (Å²) in [6, 6.07) is 11.8. The van der Waals surface area contributed by atoms with Gasteiger partial charge in [0.15, 0.2) is 11.5 Å². The molecule has 0 saturated heterocycles. The van der Waals surface area contributed by atoms with Gasteiger partial charge in [-0.15, -0.1) is 0 Å². The summed E-state index contributed by atoms with van der Waals surface area (Å²) in [6.07, 6.45) is 9.92. The molecule has 1 heterocycles. The standard InChI is InChI=1S/C22H22ClNO2/c1-25-21-8-4-5-15(22(21)26-19-6-2-3-7-19)9-11-18-14-16-13-17(23)10-12-20(16)24-18/h4-5,8-13,19H,2-3,6-7,14H2,1H3/b11-9+. The molecule has 0 unspecified atom stereocenters. The topological polar surface area (TPSA) is 30.8 Å². The van der Waals surface area contributed by atoms with Crippen LogP contribution in [0.4, 0.5) is 5.69 Å². The van der Waals surface area contributed by atoms with E-state index in [9.17, 15) is 0 Å². The van der Waals surface area contributed by atoms with Crippen LogP contribution in [0.25, 0.3) is 6.08 Å². The number of hydrogen-bond acceptors (Lipinski definition) is 3. The maximum Gasteiger partial charge on any atom is 0.168 e. The molecular formula is C22H22ClNO2. The summed E-state index contributed by atoms with van der Waals surface area (Å²) < 4.78 is 11.8. The summed E-state index contributed by atoms with van der Waals surface area (Å²) in [5, 5.41) is 0.754. The fourth-order valence-electron chi connectivity index (χ4n) is 3.60. The van der Waals surface area contributed by atoms with Gasteiger partial charge >= 0.3 is 0 Å². The average Bonchev–Trinajstić information content (AvgIpc) is 3.29. The van der Waals surface area contributed by atoms with Crippen molar-refractivity contribution in [3.05, 3.63) is 58.6 Å². The Hall–Kier alpha value is -2.26. The molecule has 1 saturated carbocycles. The van der Waals surface area contributed by atoms with E-state index < -0.39 is 0 Å². The molecule has 1 aliphatic carbocycles. The number of para-hydroxylation sites is 1. The predicted octanol–water partition coefficient (Wildman–Crippen LogP) is 6.01. The minimum absolute atomic E-state index is 0.286. The van der Waals surface area contributed by atoms with Crippen molar-refractivity contribution in [3.8, 4) is 11.5 Å². The zero-order chi connectivity index (χ0) is 17.9. The molecule has 0 amide bonds. The van der Waals surface area contributed by atoms with Crippen molar-refractivity contribution in [2.45, 2.75) is 38.2 Å². The third-order valence-corrected chi connectivity index (χ3v) is 5.18. The van der Waals surface area contributed by atoms with Crippen LogP contribution in [0, 0.1) is 0 Å². The highest BCUT2D eigenvalue weighted by Crippen LogP contribution is 2.36. The van der Waals surface area contributed by atoms with Gasteiger partial charge in [0.25, 0.3) is 0 Å². The van der Waals surface area contributed by atoms with Crippen LogP contribution in [0.3, 0.4) is 0 Å². The van der Waals surface area contributed by atoms with Crippen molar-refractivity contribution < 1.29 is 9.47 Å². The molecule has 0 bridgehead atoms. The van der Waals surface area contributed by atoms with Crippen LogP contribution >= 0.6 is 11.6 Å². The first-order valence-corrected chi connectivity index (χ1v) is 9.48. The Bertz CT molecular complexity index is 866. The Kier molecular flexibility index (Phi) is 4.98. The lowest BCUT2D eigenvalue weighted by Gasteiger charge is -2.18. The van der Waals surface area contributed by atoms with E-state index in [2.05, 4.69) is 23.2 Å². The Morgan fingerprint density at radius 2 is 1.96 bits per heavy atom. The van der Waals surface area contributed by atoms with Crippen molar-refractivity contribution in [2.75, 3.05) is 7.11 Å². The lowest BCUT2D eigenvalue weighted by molar-refractivity contribution is 0.200. The number of nitrogens with zero attached hydrogens (tertiary/aromatic N) is 1. The molecule has 2 aromatic rings. The van der Waals surface area contributed by atoms with Gasteiger partial charge in [-0.25, -0.2) is 0 Å². The quantitative estimate of drug-likeness (QED) is 0.647. The fourth-order valence-corrected chi connectivity index (χ4v) is 3.79. The van der Waals surface area contributed by atoms with Crippen LogP contribution in [-0.4, -0.2) is 18.9 Å². The zero-order valence-corrected chi connectivity index (χ0v) is 15.6. The van der Waals surface area contributed by atoms with Crippen LogP contribution in [0.2, 0.25) is 5.02 Å². The van der Waals surface area contributed by atoms with Gasteiger partial charge in [0.1, 0.15) is 0 Å². The summed E-state index contributed by atoms with van der Waals surface area (Å²) in [7, 11) is 1.69. The Balaban J connectivity index is 1.57. The first-order chi connectivity index (χ1) is 12.7. The van der Waals surface area contributed by atoms with Crippen LogP contribution in [-0.2, 0) is 6.42 Å². The summed E-state index contributed by atoms with van der Waals surface area (Å²) >= 11 is 6.08. The second-order valence-electron chi connectivity index (χ2n) is 6.79. The smallest absolute Gasteiger partial charge is 0.168 e. The van der Waals surface area contributed by atoms with Crippen molar-refractivity contribution in [1.29, 1.82) is 0 Å². The summed E-state index contributed by atoms with van der Waals surface area (Å²) in [5.41, 5.74) is 4.22. The Morgan fingerprint density at radius 1 is 1.12 bits per heavy atom. The third-order valence-electron chi connectivity index (χ3n) is 4.95. The second kappa shape index (κ2) is 7.55. The van der Waals surface area contributed by atoms with Gasteiger partial charge < -0.3 is 9.47 Å². The van der Waals surface area contributed by atoms with Crippen molar-refractivity contribution in [1.82, 2.24) is 0 Å². The molecule has 1 aliphatic heterocycles. The highest BCUT2D eigenvalue weighted by molar-refractivity contribution is 6.30. The fraction of sp³-hybridized carbons (Fsp3) is 0.318. The SMILES string of the molecule is COc1cccc(/C=C/C2=Nc3ccc(Cl)cc3C2)c1OC1CCCC1. The molecule has 2 aromatic carbocycles. The summed E-state index contributed by atoms with van der Waals surface area (Å²) in [5.74, 6) is 1.61. The molecule has 134 valence electrons. The maximum atomic E-state index is 6.29. The predicted molar refractivity (Wildman–Crippen MR) is 107 cm³/mol. The second-order valence-corrected chi connectivity index (χ2v) is 7.23. The third kappa shape index (κ3) is 3.63. The van der Waals surface area contributed by atoms with E-state index >= 15 is 0 Å². The van der Waals surface area contributed by atoms with E-state index in [1.54, 1.807) is 7.11 Å². The number of ether oxygens (including phenoxy) is 2. The van der Waals surface area contributed by atoms with Gasteiger partial charge in [0.05, 0.1) is 18.9 Å². The van der Waals surface area contributed by atoms with Crippen LogP contribution in [0.15, 0.2) is 47.5 Å². The van der Waals surface area contributed by atoms with Gasteiger partial charge in [0.2, 0.25) is 0 Å². The van der Waals surface area contributed by atoms with Crippen molar-refractivity contribution >= 4 is 29.1 Å². The molecular weight excluding hydrogens is 346 g/mol. The first kappa shape index (κ1) is 17.2. The highest BCUT2D eigenvalue weighted by atomic mass is 35.5. The molecule has 1 fully saturated rings.